The maximum atomic E-state index is 13.7. The highest BCUT2D eigenvalue weighted by Crippen LogP contribution is 2.39. The second kappa shape index (κ2) is 6.05. The predicted molar refractivity (Wildman–Crippen MR) is 91.6 cm³/mol. The molecule has 6 heteroatoms. The van der Waals surface area contributed by atoms with Crippen LogP contribution in [0.1, 0.15) is 23.5 Å². The number of hydrogen-bond donors (Lipinski definition) is 1. The Hall–Kier alpha value is -3.15. The molecule has 2 aromatic carbocycles. The first-order chi connectivity index (χ1) is 12.2. The average molecular weight is 337 g/mol. The molecule has 0 saturated heterocycles. The van der Waals surface area contributed by atoms with E-state index in [4.69, 9.17) is 4.74 Å². The first kappa shape index (κ1) is 15.4. The van der Waals surface area contributed by atoms with E-state index in [9.17, 15) is 9.18 Å². The van der Waals surface area contributed by atoms with Crippen LogP contribution in [-0.4, -0.2) is 22.8 Å². The summed E-state index contributed by atoms with van der Waals surface area (Å²) in [4.78, 5) is 12.3. The Morgan fingerprint density at radius 1 is 1.24 bits per heavy atom. The van der Waals surface area contributed by atoms with Crippen molar-refractivity contribution in [1.82, 2.24) is 9.78 Å². The number of carbonyl (C=O) groups is 1. The van der Waals surface area contributed by atoms with E-state index in [2.05, 4.69) is 10.4 Å². The minimum atomic E-state index is -0.424. The number of para-hydroxylation sites is 1. The number of fused-ring (bicyclic) bond motifs is 1. The van der Waals surface area contributed by atoms with Crippen LogP contribution in [0.2, 0.25) is 0 Å². The van der Waals surface area contributed by atoms with Crippen LogP contribution in [0.15, 0.2) is 54.7 Å². The van der Waals surface area contributed by atoms with Gasteiger partial charge in [-0.1, -0.05) is 24.3 Å². The van der Waals surface area contributed by atoms with E-state index in [1.807, 2.05) is 30.3 Å². The molecular weight excluding hydrogens is 321 g/mol. The first-order valence-corrected chi connectivity index (χ1v) is 7.94. The highest BCUT2D eigenvalue weighted by atomic mass is 19.1. The van der Waals surface area contributed by atoms with Crippen molar-refractivity contribution in [3.8, 4) is 11.4 Å². The van der Waals surface area contributed by atoms with Crippen molar-refractivity contribution >= 4 is 11.7 Å². The fraction of sp³-hybridized carbons (Fsp3) is 0.158. The summed E-state index contributed by atoms with van der Waals surface area (Å²) in [6, 6.07) is 14.3. The van der Waals surface area contributed by atoms with Crippen molar-refractivity contribution < 1.29 is 13.9 Å². The summed E-state index contributed by atoms with van der Waals surface area (Å²) in [6.45, 7) is 0. The number of ether oxygens (including phenoxy) is 1. The minimum absolute atomic E-state index is 0.0986. The Morgan fingerprint density at radius 3 is 2.80 bits per heavy atom. The zero-order valence-electron chi connectivity index (χ0n) is 13.6. The zero-order valence-corrected chi connectivity index (χ0v) is 13.6. The normalized spacial score (nSPS) is 16.2. The van der Waals surface area contributed by atoms with Gasteiger partial charge >= 0.3 is 0 Å². The third-order valence-electron chi connectivity index (χ3n) is 4.40. The van der Waals surface area contributed by atoms with Crippen LogP contribution < -0.4 is 10.1 Å². The van der Waals surface area contributed by atoms with Crippen molar-refractivity contribution in [3.63, 3.8) is 0 Å². The summed E-state index contributed by atoms with van der Waals surface area (Å²) in [7, 11) is 1.43. The van der Waals surface area contributed by atoms with E-state index in [0.29, 0.717) is 5.82 Å². The molecule has 1 aliphatic heterocycles. The molecule has 0 bridgehead atoms. The smallest absolute Gasteiger partial charge is 0.226 e. The van der Waals surface area contributed by atoms with Crippen LogP contribution in [-0.2, 0) is 4.79 Å². The summed E-state index contributed by atoms with van der Waals surface area (Å²) in [5.74, 6) is 0.0946. The molecule has 0 aliphatic carbocycles. The maximum Gasteiger partial charge on any atom is 0.226 e. The second-order valence-electron chi connectivity index (χ2n) is 5.89. The van der Waals surface area contributed by atoms with Crippen LogP contribution in [0.3, 0.4) is 0 Å². The molecule has 1 N–H and O–H groups in total. The van der Waals surface area contributed by atoms with Crippen molar-refractivity contribution in [1.29, 1.82) is 0 Å². The van der Waals surface area contributed by atoms with Crippen LogP contribution in [0, 0.1) is 5.82 Å². The molecule has 3 aromatic rings. The maximum absolute atomic E-state index is 13.7. The van der Waals surface area contributed by atoms with Crippen molar-refractivity contribution in [2.24, 2.45) is 0 Å². The summed E-state index contributed by atoms with van der Waals surface area (Å²) in [6.07, 6.45) is 2.03. The third kappa shape index (κ3) is 2.65. The first-order valence-electron chi connectivity index (χ1n) is 7.94. The standard InChI is InChI=1S/C19H16FN3O2/c1-25-17-9-12(7-8-16(17)20)14-10-18(24)22-19-15(14)11-21-23(19)13-5-3-2-4-6-13/h2-9,11,14H,10H2,1H3,(H,22,24). The van der Waals surface area contributed by atoms with E-state index in [0.717, 1.165) is 16.8 Å². The molecule has 0 radical (unpaired) electrons. The van der Waals surface area contributed by atoms with Crippen molar-refractivity contribution in [2.45, 2.75) is 12.3 Å². The van der Waals surface area contributed by atoms with E-state index >= 15 is 0 Å². The quantitative estimate of drug-likeness (QED) is 0.796. The molecule has 1 aromatic heterocycles. The fourth-order valence-electron chi connectivity index (χ4n) is 3.18. The van der Waals surface area contributed by atoms with Gasteiger partial charge in [0.05, 0.1) is 19.0 Å². The lowest BCUT2D eigenvalue weighted by Gasteiger charge is -2.24. The van der Waals surface area contributed by atoms with Crippen LogP contribution in [0.4, 0.5) is 10.2 Å². The summed E-state index contributed by atoms with van der Waals surface area (Å²) in [5, 5.41) is 7.34. The molecule has 126 valence electrons. The largest absolute Gasteiger partial charge is 0.494 e. The zero-order chi connectivity index (χ0) is 17.4. The van der Waals surface area contributed by atoms with E-state index in [1.165, 1.54) is 13.2 Å². The van der Waals surface area contributed by atoms with E-state index in [-0.39, 0.29) is 24.0 Å². The lowest BCUT2D eigenvalue weighted by molar-refractivity contribution is -0.116. The highest BCUT2D eigenvalue weighted by molar-refractivity contribution is 5.94. The van der Waals surface area contributed by atoms with Gasteiger partial charge in [0, 0.05) is 17.9 Å². The number of nitrogens with zero attached hydrogens (tertiary/aromatic N) is 2. The van der Waals surface area contributed by atoms with Gasteiger partial charge in [-0.2, -0.15) is 5.10 Å². The fourth-order valence-corrected chi connectivity index (χ4v) is 3.18. The molecule has 25 heavy (non-hydrogen) atoms. The average Bonchev–Trinajstić information content (AvgIpc) is 3.06. The van der Waals surface area contributed by atoms with Gasteiger partial charge in [-0.15, -0.1) is 0 Å². The lowest BCUT2D eigenvalue weighted by atomic mass is 9.87. The van der Waals surface area contributed by atoms with Crippen molar-refractivity contribution in [2.75, 3.05) is 12.4 Å². The number of carbonyl (C=O) groups excluding carboxylic acids is 1. The topological polar surface area (TPSA) is 56.1 Å². The van der Waals surface area contributed by atoms with Gasteiger partial charge in [-0.25, -0.2) is 9.07 Å². The number of methoxy groups -OCH3 is 1. The molecule has 2 heterocycles. The molecule has 1 aliphatic rings. The Morgan fingerprint density at radius 2 is 2.04 bits per heavy atom. The number of anilines is 1. The summed E-state index contributed by atoms with van der Waals surface area (Å²) < 4.78 is 20.5. The Kier molecular flexibility index (Phi) is 3.72. The lowest BCUT2D eigenvalue weighted by Crippen LogP contribution is -2.24. The second-order valence-corrected chi connectivity index (χ2v) is 5.89. The number of benzene rings is 2. The third-order valence-corrected chi connectivity index (χ3v) is 4.40. The summed E-state index contributed by atoms with van der Waals surface area (Å²) >= 11 is 0. The van der Waals surface area contributed by atoms with Crippen LogP contribution >= 0.6 is 0 Å². The van der Waals surface area contributed by atoms with Crippen LogP contribution in [0.5, 0.6) is 5.75 Å². The van der Waals surface area contributed by atoms with E-state index in [1.54, 1.807) is 23.0 Å². The molecule has 4 rings (SSSR count). The van der Waals surface area contributed by atoms with Crippen LogP contribution in [0.25, 0.3) is 5.69 Å². The number of amides is 1. The number of hydrogen-bond acceptors (Lipinski definition) is 3. The predicted octanol–water partition coefficient (Wildman–Crippen LogP) is 3.49. The number of aromatic nitrogens is 2. The molecule has 1 atom stereocenters. The van der Waals surface area contributed by atoms with Gasteiger partial charge in [0.2, 0.25) is 5.91 Å². The molecule has 0 saturated carbocycles. The van der Waals surface area contributed by atoms with Gasteiger partial charge < -0.3 is 10.1 Å². The van der Waals surface area contributed by atoms with Gasteiger partial charge in [-0.3, -0.25) is 4.79 Å². The van der Waals surface area contributed by atoms with Gasteiger partial charge in [-0.05, 0) is 29.8 Å². The molecule has 0 spiro atoms. The molecule has 0 fully saturated rings. The Bertz CT molecular complexity index is 937. The minimum Gasteiger partial charge on any atom is -0.494 e. The highest BCUT2D eigenvalue weighted by Gasteiger charge is 2.30. The SMILES string of the molecule is COc1cc(C2CC(=O)Nc3c2cnn3-c2ccccc2)ccc1F. The van der Waals surface area contributed by atoms with Gasteiger partial charge in [0.15, 0.2) is 11.6 Å². The van der Waals surface area contributed by atoms with Crippen molar-refractivity contribution in [3.05, 3.63) is 71.7 Å². The molecule has 1 unspecified atom stereocenters. The Balaban J connectivity index is 1.81. The molecule has 1 amide bonds. The molecule has 5 nitrogen and oxygen atoms in total. The number of rotatable bonds is 3. The van der Waals surface area contributed by atoms with Gasteiger partial charge in [0.25, 0.3) is 0 Å². The molecular formula is C19H16FN3O2. The Labute approximate surface area is 144 Å². The van der Waals surface area contributed by atoms with Gasteiger partial charge in [0.1, 0.15) is 5.82 Å². The number of nitrogens with one attached hydrogen (secondary N) is 1. The van der Waals surface area contributed by atoms with E-state index < -0.39 is 5.82 Å². The number of halogens is 1. The monoisotopic (exact) mass is 337 g/mol. The summed E-state index contributed by atoms with van der Waals surface area (Å²) in [5.41, 5.74) is 2.58.